The summed E-state index contributed by atoms with van der Waals surface area (Å²) in [6.45, 7) is 1.92. The number of amides is 1. The normalized spacial score (nSPS) is 30.5. The number of hydrogen-bond donors (Lipinski definition) is 2. The zero-order chi connectivity index (χ0) is 21.0. The van der Waals surface area contributed by atoms with E-state index in [1.807, 2.05) is 4.90 Å². The van der Waals surface area contributed by atoms with Crippen LogP contribution in [0.15, 0.2) is 6.07 Å². The van der Waals surface area contributed by atoms with Crippen LogP contribution in [0, 0.1) is 11.6 Å². The average Bonchev–Trinajstić information content (AvgIpc) is 3.10. The highest BCUT2D eigenvalue weighted by Crippen LogP contribution is 2.40. The minimum absolute atomic E-state index is 0.0889. The van der Waals surface area contributed by atoms with E-state index in [0.29, 0.717) is 37.8 Å². The van der Waals surface area contributed by atoms with E-state index >= 15 is 0 Å². The number of piperazine rings is 1. The highest BCUT2D eigenvalue weighted by atomic mass is 19.2. The molecule has 4 fully saturated rings. The zero-order valence-corrected chi connectivity index (χ0v) is 16.5. The molecule has 1 aromatic rings. The highest BCUT2D eigenvalue weighted by Gasteiger charge is 2.42. The van der Waals surface area contributed by atoms with Gasteiger partial charge < -0.3 is 20.4 Å². The number of carbonyl (C=O) groups excluding carboxylic acids is 3. The predicted molar refractivity (Wildman–Crippen MR) is 104 cm³/mol. The second-order valence-electron chi connectivity index (χ2n) is 8.68. The number of rotatable bonds is 4. The van der Waals surface area contributed by atoms with E-state index in [1.165, 1.54) is 0 Å². The topological polar surface area (TPSA) is 81.8 Å². The number of nitrogens with zero attached hydrogens (tertiary/aromatic N) is 2. The van der Waals surface area contributed by atoms with Crippen LogP contribution >= 0.6 is 0 Å². The van der Waals surface area contributed by atoms with Crippen molar-refractivity contribution >= 4 is 23.7 Å². The standard InChI is InChI=1S/C21H24F2N4O3/c22-16-5-14-15(20(19(16)23)26-8-11-1-2-12(26)6-24-11)9-27(21(14)30)13-3-4-17(25-7-13)18(29)10-28/h5,10-13,17,24-25H,1-4,6-9H2. The Morgan fingerprint density at radius 3 is 2.40 bits per heavy atom. The van der Waals surface area contributed by atoms with Gasteiger partial charge in [-0.05, 0) is 31.7 Å². The molecule has 160 valence electrons. The van der Waals surface area contributed by atoms with Gasteiger partial charge in [0.2, 0.25) is 5.78 Å². The lowest BCUT2D eigenvalue weighted by atomic mass is 9.91. The lowest BCUT2D eigenvalue weighted by molar-refractivity contribution is -0.131. The van der Waals surface area contributed by atoms with Crippen LogP contribution in [0.4, 0.5) is 14.5 Å². The number of anilines is 1. The van der Waals surface area contributed by atoms with E-state index in [0.717, 1.165) is 25.5 Å². The van der Waals surface area contributed by atoms with Crippen molar-refractivity contribution < 1.29 is 23.2 Å². The maximum Gasteiger partial charge on any atom is 0.254 e. The molecule has 1 amide bonds. The summed E-state index contributed by atoms with van der Waals surface area (Å²) in [4.78, 5) is 39.0. The predicted octanol–water partition coefficient (Wildman–Crippen LogP) is 0.750. The van der Waals surface area contributed by atoms with Gasteiger partial charge in [-0.3, -0.25) is 14.4 Å². The number of ketones is 1. The smallest absolute Gasteiger partial charge is 0.254 e. The molecule has 5 aliphatic heterocycles. The molecule has 1 aromatic carbocycles. The number of fused-ring (bicyclic) bond motifs is 4. The maximum absolute atomic E-state index is 15.0. The molecule has 9 heteroatoms. The summed E-state index contributed by atoms with van der Waals surface area (Å²) in [7, 11) is 0. The first-order valence-electron chi connectivity index (χ1n) is 10.5. The molecule has 0 aromatic heterocycles. The molecule has 2 N–H and O–H groups in total. The first-order chi connectivity index (χ1) is 14.5. The van der Waals surface area contributed by atoms with Gasteiger partial charge >= 0.3 is 0 Å². The van der Waals surface area contributed by atoms with Crippen molar-refractivity contribution in [2.24, 2.45) is 0 Å². The van der Waals surface area contributed by atoms with Crippen LogP contribution in [0.1, 0.15) is 41.6 Å². The number of benzene rings is 1. The van der Waals surface area contributed by atoms with Gasteiger partial charge in [0.1, 0.15) is 0 Å². The van der Waals surface area contributed by atoms with Gasteiger partial charge in [-0.25, -0.2) is 8.78 Å². The molecular formula is C21H24F2N4O3. The summed E-state index contributed by atoms with van der Waals surface area (Å²) < 4.78 is 29.5. The summed E-state index contributed by atoms with van der Waals surface area (Å²) >= 11 is 0. The van der Waals surface area contributed by atoms with Crippen molar-refractivity contribution in [3.8, 4) is 0 Å². The summed E-state index contributed by atoms with van der Waals surface area (Å²) in [6, 6.07) is 0.633. The number of halogens is 2. The van der Waals surface area contributed by atoms with Crippen LogP contribution in [-0.4, -0.2) is 66.7 Å². The quantitative estimate of drug-likeness (QED) is 0.555. The maximum atomic E-state index is 15.0. The van der Waals surface area contributed by atoms with Crippen molar-refractivity contribution in [3.63, 3.8) is 0 Å². The van der Waals surface area contributed by atoms with E-state index in [-0.39, 0.29) is 41.8 Å². The largest absolute Gasteiger partial charge is 0.363 e. The fraction of sp³-hybridized carbons (Fsp3) is 0.571. The SMILES string of the molecule is O=CC(=O)C1CCC(N2Cc3c(cc(F)c(F)c3N3CC4CCC3CN4)C2=O)CN1. The third-order valence-electron chi connectivity index (χ3n) is 7.04. The number of hydrogen-bond acceptors (Lipinski definition) is 6. The van der Waals surface area contributed by atoms with Gasteiger partial charge in [-0.2, -0.15) is 0 Å². The van der Waals surface area contributed by atoms with Crippen LogP contribution in [0.5, 0.6) is 0 Å². The Kier molecular flexibility index (Phi) is 4.82. The Hall–Kier alpha value is -2.39. The summed E-state index contributed by atoms with van der Waals surface area (Å²) in [5.74, 6) is -2.68. The highest BCUT2D eigenvalue weighted by molar-refractivity contribution is 6.27. The number of aldehydes is 1. The summed E-state index contributed by atoms with van der Waals surface area (Å²) in [5, 5.41) is 6.44. The minimum Gasteiger partial charge on any atom is -0.363 e. The monoisotopic (exact) mass is 418 g/mol. The molecular weight excluding hydrogens is 394 g/mol. The van der Waals surface area contributed by atoms with Gasteiger partial charge in [0, 0.05) is 55.4 Å². The molecule has 4 unspecified atom stereocenters. The van der Waals surface area contributed by atoms with E-state index in [1.54, 1.807) is 4.90 Å². The minimum atomic E-state index is -0.994. The molecule has 6 rings (SSSR count). The molecule has 0 aliphatic carbocycles. The van der Waals surface area contributed by atoms with Crippen molar-refractivity contribution in [1.29, 1.82) is 0 Å². The fourth-order valence-corrected chi connectivity index (χ4v) is 5.41. The molecule has 7 nitrogen and oxygen atoms in total. The van der Waals surface area contributed by atoms with E-state index in [2.05, 4.69) is 10.6 Å². The Labute approximate surface area is 172 Å². The van der Waals surface area contributed by atoms with Crippen molar-refractivity contribution in [2.45, 2.75) is 56.4 Å². The van der Waals surface area contributed by atoms with Gasteiger partial charge in [-0.15, -0.1) is 0 Å². The average molecular weight is 418 g/mol. The van der Waals surface area contributed by atoms with E-state index in [9.17, 15) is 23.2 Å². The third-order valence-corrected chi connectivity index (χ3v) is 7.04. The summed E-state index contributed by atoms with van der Waals surface area (Å²) in [5.41, 5.74) is 1.01. The van der Waals surface area contributed by atoms with Gasteiger partial charge in [0.25, 0.3) is 5.91 Å². The Morgan fingerprint density at radius 1 is 1.07 bits per heavy atom. The number of carbonyl (C=O) groups is 3. The molecule has 2 bridgehead atoms. The van der Waals surface area contributed by atoms with Crippen LogP contribution in [-0.2, 0) is 16.1 Å². The lowest BCUT2D eigenvalue weighted by Crippen LogP contribution is -2.61. The molecule has 0 saturated carbocycles. The second kappa shape index (κ2) is 7.39. The van der Waals surface area contributed by atoms with Crippen LogP contribution < -0.4 is 15.5 Å². The number of nitrogens with one attached hydrogen (secondary N) is 2. The van der Waals surface area contributed by atoms with Crippen molar-refractivity contribution in [3.05, 3.63) is 28.8 Å². The molecule has 4 saturated heterocycles. The third kappa shape index (κ3) is 3.02. The first-order valence-corrected chi connectivity index (χ1v) is 10.5. The summed E-state index contributed by atoms with van der Waals surface area (Å²) in [6.07, 6.45) is 3.24. The number of piperidine rings is 3. The van der Waals surface area contributed by atoms with Gasteiger partial charge in [-0.1, -0.05) is 0 Å². The Morgan fingerprint density at radius 2 is 1.80 bits per heavy atom. The fourth-order valence-electron chi connectivity index (χ4n) is 5.41. The molecule has 5 heterocycles. The van der Waals surface area contributed by atoms with Gasteiger partial charge in [0.15, 0.2) is 17.9 Å². The van der Waals surface area contributed by atoms with Crippen LogP contribution in [0.25, 0.3) is 0 Å². The Bertz CT molecular complexity index is 908. The van der Waals surface area contributed by atoms with Crippen LogP contribution in [0.3, 0.4) is 0 Å². The van der Waals surface area contributed by atoms with Crippen molar-refractivity contribution in [1.82, 2.24) is 15.5 Å². The number of Topliss-reactive ketones (excluding diaryl/α,β-unsaturated/α-hetero) is 1. The zero-order valence-electron chi connectivity index (χ0n) is 16.5. The Balaban J connectivity index is 1.42. The van der Waals surface area contributed by atoms with E-state index in [4.69, 9.17) is 0 Å². The first kappa shape index (κ1) is 19.6. The molecule has 30 heavy (non-hydrogen) atoms. The van der Waals surface area contributed by atoms with E-state index < -0.39 is 23.5 Å². The van der Waals surface area contributed by atoms with Crippen LogP contribution in [0.2, 0.25) is 0 Å². The second-order valence-corrected chi connectivity index (χ2v) is 8.68. The van der Waals surface area contributed by atoms with Crippen molar-refractivity contribution in [2.75, 3.05) is 24.5 Å². The molecule has 5 aliphatic rings. The molecule has 0 spiro atoms. The lowest BCUT2D eigenvalue weighted by Gasteiger charge is -2.47. The molecule has 4 atom stereocenters. The molecule has 0 radical (unpaired) electrons. The van der Waals surface area contributed by atoms with Gasteiger partial charge in [0.05, 0.1) is 11.7 Å².